The first kappa shape index (κ1) is 24.1. The van der Waals surface area contributed by atoms with Gasteiger partial charge in [0.25, 0.3) is 0 Å². The average molecular weight is 502 g/mol. The molecule has 0 radical (unpaired) electrons. The molecular weight excluding hydrogens is 466 g/mol. The van der Waals surface area contributed by atoms with E-state index in [4.69, 9.17) is 18.9 Å². The Morgan fingerprint density at radius 3 is 2.73 bits per heavy atom. The highest BCUT2D eigenvalue weighted by molar-refractivity contribution is 5.78. The van der Waals surface area contributed by atoms with Crippen molar-refractivity contribution >= 4 is 17.7 Å². The fourth-order valence-corrected chi connectivity index (χ4v) is 5.81. The van der Waals surface area contributed by atoms with Crippen molar-refractivity contribution in [2.24, 2.45) is 0 Å². The molecule has 0 aromatic heterocycles. The summed E-state index contributed by atoms with van der Waals surface area (Å²) in [5.74, 6) is 2.68. The van der Waals surface area contributed by atoms with Gasteiger partial charge < -0.3 is 24.1 Å². The Balaban J connectivity index is 1.22. The molecule has 0 unspecified atom stereocenters. The summed E-state index contributed by atoms with van der Waals surface area (Å²) in [4.78, 5) is 2.49. The van der Waals surface area contributed by atoms with E-state index in [1.54, 1.807) is 13.2 Å². The molecule has 0 bridgehead atoms. The van der Waals surface area contributed by atoms with E-state index in [0.717, 1.165) is 62.9 Å². The smallest absolute Gasteiger partial charge is 0.134 e. The Labute approximate surface area is 218 Å². The van der Waals surface area contributed by atoms with Crippen LogP contribution in [0.1, 0.15) is 49.3 Å². The summed E-state index contributed by atoms with van der Waals surface area (Å²) >= 11 is 0. The monoisotopic (exact) mass is 501 g/mol. The van der Waals surface area contributed by atoms with Gasteiger partial charge in [0, 0.05) is 35.4 Å². The molecule has 2 saturated heterocycles. The molecule has 0 amide bonds. The van der Waals surface area contributed by atoms with Crippen LogP contribution in [0.5, 0.6) is 17.2 Å². The number of hydrogen-bond donors (Lipinski definition) is 1. The quantitative estimate of drug-likeness (QED) is 0.644. The van der Waals surface area contributed by atoms with Gasteiger partial charge in [-0.1, -0.05) is 24.6 Å². The number of aromatic hydroxyl groups is 1. The van der Waals surface area contributed by atoms with Crippen LogP contribution in [-0.4, -0.2) is 56.6 Å². The van der Waals surface area contributed by atoms with Gasteiger partial charge in [0.2, 0.25) is 0 Å². The number of nitrogens with zero attached hydrogens (tertiary/aromatic N) is 1. The number of phenolic OH excluding ortho intramolecular Hbond substituents is 1. The van der Waals surface area contributed by atoms with Crippen LogP contribution in [0.3, 0.4) is 0 Å². The van der Waals surface area contributed by atoms with Crippen LogP contribution in [-0.2, 0) is 9.47 Å². The number of phenols is 1. The first-order chi connectivity index (χ1) is 18.2. The number of benzene rings is 2. The summed E-state index contributed by atoms with van der Waals surface area (Å²) < 4.78 is 24.1. The predicted octanol–water partition coefficient (Wildman–Crippen LogP) is 4.06. The Morgan fingerprint density at radius 1 is 1.08 bits per heavy atom. The minimum absolute atomic E-state index is 0.0820. The molecule has 6 rings (SSSR count). The van der Waals surface area contributed by atoms with E-state index in [9.17, 15) is 5.11 Å². The Morgan fingerprint density at radius 2 is 1.92 bits per heavy atom. The van der Waals surface area contributed by atoms with Gasteiger partial charge >= 0.3 is 0 Å². The van der Waals surface area contributed by atoms with E-state index in [1.807, 2.05) is 18.2 Å². The number of fused-ring (bicyclic) bond motifs is 4. The predicted molar refractivity (Wildman–Crippen MR) is 144 cm³/mol. The van der Waals surface area contributed by atoms with Crippen molar-refractivity contribution in [1.29, 1.82) is 0 Å². The number of likely N-dealkylation sites (tertiary alicyclic amines) is 1. The number of piperidine rings is 1. The zero-order valence-corrected chi connectivity index (χ0v) is 21.5. The van der Waals surface area contributed by atoms with Crippen LogP contribution >= 0.6 is 0 Å². The molecule has 1 aliphatic carbocycles. The molecule has 6 heteroatoms. The zero-order valence-electron chi connectivity index (χ0n) is 21.5. The minimum Gasteiger partial charge on any atom is -0.507 e. The van der Waals surface area contributed by atoms with Gasteiger partial charge in [-0.3, -0.25) is 4.90 Å². The molecule has 6 nitrogen and oxygen atoms in total. The molecule has 1 atom stereocenters. The number of methoxy groups -OCH3 is 1. The fraction of sp³-hybridized carbons (Fsp3) is 0.419. The number of hydrogen-bond acceptors (Lipinski definition) is 6. The van der Waals surface area contributed by atoms with Gasteiger partial charge in [-0.15, -0.1) is 0 Å². The van der Waals surface area contributed by atoms with E-state index < -0.39 is 0 Å². The molecule has 0 saturated carbocycles. The molecule has 37 heavy (non-hydrogen) atoms. The van der Waals surface area contributed by atoms with Crippen LogP contribution in [0.15, 0.2) is 47.7 Å². The van der Waals surface area contributed by atoms with Crippen LogP contribution in [0.2, 0.25) is 0 Å². The lowest BCUT2D eigenvalue weighted by Crippen LogP contribution is -2.33. The summed E-state index contributed by atoms with van der Waals surface area (Å²) in [6.45, 7) is 5.10. The molecule has 0 spiro atoms. The van der Waals surface area contributed by atoms with Crippen molar-refractivity contribution in [3.05, 3.63) is 69.3 Å². The zero-order chi connectivity index (χ0) is 25.2. The van der Waals surface area contributed by atoms with E-state index >= 15 is 0 Å². The third-order valence-corrected chi connectivity index (χ3v) is 7.79. The molecule has 3 aliphatic heterocycles. The normalized spacial score (nSPS) is 21.2. The second-order valence-electron chi connectivity index (χ2n) is 10.2. The van der Waals surface area contributed by atoms with Gasteiger partial charge in [0.05, 0.1) is 26.4 Å². The lowest BCUT2D eigenvalue weighted by atomic mass is 9.91. The van der Waals surface area contributed by atoms with Gasteiger partial charge in [0.1, 0.15) is 29.6 Å². The summed E-state index contributed by atoms with van der Waals surface area (Å²) in [6.07, 6.45) is 11.5. The van der Waals surface area contributed by atoms with Crippen molar-refractivity contribution in [3.8, 4) is 17.2 Å². The Bertz CT molecular complexity index is 1340. The number of ether oxygens (including phenoxy) is 4. The highest BCUT2D eigenvalue weighted by Crippen LogP contribution is 2.38. The third-order valence-electron chi connectivity index (χ3n) is 7.79. The maximum Gasteiger partial charge on any atom is 0.134 e. The van der Waals surface area contributed by atoms with E-state index in [-0.39, 0.29) is 11.9 Å². The Hall–Kier alpha value is -3.22. The van der Waals surface area contributed by atoms with Crippen molar-refractivity contribution in [2.45, 2.75) is 38.2 Å². The van der Waals surface area contributed by atoms with E-state index in [0.29, 0.717) is 26.2 Å². The van der Waals surface area contributed by atoms with Gasteiger partial charge in [-0.2, -0.15) is 0 Å². The van der Waals surface area contributed by atoms with Crippen molar-refractivity contribution < 1.29 is 24.1 Å². The van der Waals surface area contributed by atoms with Gasteiger partial charge in [0.15, 0.2) is 0 Å². The first-order valence-electron chi connectivity index (χ1n) is 13.4. The minimum atomic E-state index is -0.0820. The van der Waals surface area contributed by atoms with Crippen LogP contribution in [0.4, 0.5) is 0 Å². The highest BCUT2D eigenvalue weighted by Gasteiger charge is 2.28. The fourth-order valence-electron chi connectivity index (χ4n) is 5.81. The molecule has 194 valence electrons. The molecule has 4 aliphatic rings. The molecule has 3 heterocycles. The topological polar surface area (TPSA) is 60.4 Å². The summed E-state index contributed by atoms with van der Waals surface area (Å²) in [6, 6.07) is 10.1. The maximum atomic E-state index is 11.0. The summed E-state index contributed by atoms with van der Waals surface area (Å²) in [5.41, 5.74) is 4.07. The van der Waals surface area contributed by atoms with Crippen LogP contribution in [0, 0.1) is 0 Å². The van der Waals surface area contributed by atoms with Crippen molar-refractivity contribution in [2.75, 3.05) is 46.6 Å². The lowest BCUT2D eigenvalue weighted by Gasteiger charge is -2.28. The molecule has 2 aromatic carbocycles. The number of rotatable bonds is 6. The Kier molecular flexibility index (Phi) is 6.94. The standard InChI is InChI=1S/C31H35NO5/c1-34-25-16-23-18-29(21-7-9-24(10-8-21)35-15-13-32-11-3-2-4-12-32)37-20-27(23)30-26(19-25)31-22(17-28(30)33)6-5-14-36-31/h6-10,16-17,19,29,33H,2-5,11-15,18,20H2,1H3/t29-/m0/s1. The molecule has 1 N–H and O–H groups in total. The van der Waals surface area contributed by atoms with E-state index in [1.165, 1.54) is 32.4 Å². The highest BCUT2D eigenvalue weighted by atomic mass is 16.5. The van der Waals surface area contributed by atoms with E-state index in [2.05, 4.69) is 29.2 Å². The van der Waals surface area contributed by atoms with Gasteiger partial charge in [-0.05, 0) is 73.0 Å². The van der Waals surface area contributed by atoms with Crippen molar-refractivity contribution in [1.82, 2.24) is 4.90 Å². The second-order valence-corrected chi connectivity index (χ2v) is 10.2. The average Bonchev–Trinajstić information content (AvgIpc) is 3.11. The summed E-state index contributed by atoms with van der Waals surface area (Å²) in [7, 11) is 1.68. The largest absolute Gasteiger partial charge is 0.507 e. The molecule has 2 aromatic rings. The third kappa shape index (κ3) is 5.00. The van der Waals surface area contributed by atoms with Crippen LogP contribution < -0.4 is 19.9 Å². The summed E-state index contributed by atoms with van der Waals surface area (Å²) in [5, 5.41) is 12.7. The maximum absolute atomic E-state index is 11.0. The van der Waals surface area contributed by atoms with Crippen molar-refractivity contribution in [3.63, 3.8) is 0 Å². The number of allylic oxidation sites excluding steroid dienone is 1. The first-order valence-corrected chi connectivity index (χ1v) is 13.4. The van der Waals surface area contributed by atoms with Gasteiger partial charge in [-0.25, -0.2) is 0 Å². The lowest BCUT2D eigenvalue weighted by molar-refractivity contribution is 0.0672. The SMILES string of the molecule is COC1=Cc2c3c(cc(O)c2=C2CO[C@H](c4ccc(OCCN5CCCCC5)cc4)CC2=C1)=CCCO3. The molecular formula is C31H35NO5. The van der Waals surface area contributed by atoms with Crippen LogP contribution in [0.25, 0.3) is 17.7 Å². The molecule has 2 fully saturated rings. The second kappa shape index (κ2) is 10.6.